The van der Waals surface area contributed by atoms with Crippen molar-refractivity contribution in [3.05, 3.63) is 173 Å². The van der Waals surface area contributed by atoms with E-state index in [1.54, 1.807) is 24.3 Å². The van der Waals surface area contributed by atoms with Gasteiger partial charge in [-0.25, -0.2) is 24.3 Å². The van der Waals surface area contributed by atoms with Gasteiger partial charge < -0.3 is 30.9 Å². The average Bonchev–Trinajstić information content (AvgIpc) is 4.36. The summed E-state index contributed by atoms with van der Waals surface area (Å²) in [5, 5.41) is 24.4. The van der Waals surface area contributed by atoms with E-state index in [-0.39, 0.29) is 41.3 Å². The van der Waals surface area contributed by atoms with E-state index in [1.165, 1.54) is 30.3 Å². The van der Waals surface area contributed by atoms with E-state index in [1.807, 2.05) is 39.8 Å². The summed E-state index contributed by atoms with van der Waals surface area (Å²) in [4.78, 5) is 143. The van der Waals surface area contributed by atoms with E-state index < -0.39 is 62.1 Å². The molecule has 0 unspecified atom stereocenters. The molecular formula is C53H44FN11O13. The number of H-pyrrole nitrogens is 4. The van der Waals surface area contributed by atoms with Crippen LogP contribution in [-0.2, 0) is 25.7 Å². The van der Waals surface area contributed by atoms with Gasteiger partial charge >= 0.3 is 0 Å². The number of nitrogens with zero attached hydrogens (tertiary/aromatic N) is 6. The number of nitrogens with two attached hydrogens (primary N) is 1. The summed E-state index contributed by atoms with van der Waals surface area (Å²) >= 11 is 0. The van der Waals surface area contributed by atoms with Crippen LogP contribution < -0.4 is 5.73 Å². The SMILES string of the molecule is C.CCc1nc2c([nH]1)C(=O)C(=O)c1cc(F)ccc1-2.CCc1nc2c([nH]1)C(=O)C(=O)c1cc(N)ccc1-2.CCc1nc2c([nH]1)C(=O)C(=O)c1cc([N+](=O)[O-])ccc1-2.CCc1nc2c([nH]1)C(=O)C(=O)c1ccccc1-2.O=[N+]([O-])O. The number of halogens is 1. The van der Waals surface area contributed by atoms with Crippen molar-refractivity contribution >= 4 is 57.6 Å². The highest BCUT2D eigenvalue weighted by Gasteiger charge is 2.37. The molecule has 4 heterocycles. The van der Waals surface area contributed by atoms with Crippen LogP contribution in [0.25, 0.3) is 45.0 Å². The zero-order valence-electron chi connectivity index (χ0n) is 40.8. The van der Waals surface area contributed by atoms with E-state index in [4.69, 9.17) is 21.1 Å². The molecule has 7 N–H and O–H groups in total. The second-order valence-electron chi connectivity index (χ2n) is 16.9. The lowest BCUT2D eigenvalue weighted by molar-refractivity contribution is -0.742. The van der Waals surface area contributed by atoms with Gasteiger partial charge in [0, 0.05) is 88.0 Å². The number of aromatic nitrogens is 8. The highest BCUT2D eigenvalue weighted by molar-refractivity contribution is 6.54. The number of carbonyl (C=O) groups is 8. The van der Waals surface area contributed by atoms with E-state index in [0.29, 0.717) is 105 Å². The van der Waals surface area contributed by atoms with Crippen molar-refractivity contribution in [1.82, 2.24) is 39.9 Å². The summed E-state index contributed by atoms with van der Waals surface area (Å²) in [7, 11) is 0. The van der Waals surface area contributed by atoms with E-state index >= 15 is 0 Å². The van der Waals surface area contributed by atoms with Crippen LogP contribution in [0.2, 0.25) is 0 Å². The maximum absolute atomic E-state index is 13.2. The lowest BCUT2D eigenvalue weighted by atomic mass is 9.90. The number of hydrogen-bond acceptors (Lipinski definition) is 17. The molecule has 0 bridgehead atoms. The largest absolute Gasteiger partial charge is 0.399 e. The maximum atomic E-state index is 13.2. The average molecular weight is 1060 g/mol. The number of hydrogen-bond donors (Lipinski definition) is 6. The molecule has 24 nitrogen and oxygen atoms in total. The number of aromatic amines is 4. The molecule has 0 saturated heterocycles. The molecule has 78 heavy (non-hydrogen) atoms. The number of benzene rings is 4. The summed E-state index contributed by atoms with van der Waals surface area (Å²) in [5.41, 5.74) is 12.1. The highest BCUT2D eigenvalue weighted by Crippen LogP contribution is 2.37. The van der Waals surface area contributed by atoms with Gasteiger partial charge in [0.1, 0.15) is 74.7 Å². The lowest BCUT2D eigenvalue weighted by Crippen LogP contribution is -2.21. The van der Waals surface area contributed by atoms with Gasteiger partial charge in [0.25, 0.3) is 33.9 Å². The van der Waals surface area contributed by atoms with Gasteiger partial charge in [0.15, 0.2) is 0 Å². The molecule has 0 radical (unpaired) electrons. The summed E-state index contributed by atoms with van der Waals surface area (Å²) in [6.45, 7) is 7.64. The topological polar surface area (TPSA) is 384 Å². The summed E-state index contributed by atoms with van der Waals surface area (Å²) in [6.07, 6.45) is 2.61. The van der Waals surface area contributed by atoms with Crippen molar-refractivity contribution in [2.75, 3.05) is 5.73 Å². The Morgan fingerprint density at radius 3 is 1.14 bits per heavy atom. The van der Waals surface area contributed by atoms with Gasteiger partial charge in [0.2, 0.25) is 23.1 Å². The number of nitro groups is 1. The van der Waals surface area contributed by atoms with Crippen LogP contribution >= 0.6 is 0 Å². The smallest absolute Gasteiger partial charge is 0.291 e. The number of carbonyl (C=O) groups excluding carboxylic acids is 8. The Morgan fingerprint density at radius 1 is 0.462 bits per heavy atom. The number of non-ortho nitro benzene ring substituents is 1. The van der Waals surface area contributed by atoms with Crippen LogP contribution in [-0.4, -0.2) is 101 Å². The number of Topliss-reactive ketones (excluding diaryl/α,β-unsaturated/α-hetero) is 8. The number of nitrogen functional groups attached to an aromatic ring is 1. The minimum Gasteiger partial charge on any atom is -0.399 e. The predicted octanol–water partition coefficient (Wildman–Crippen LogP) is 7.99. The monoisotopic (exact) mass is 1060 g/mol. The molecule has 0 fully saturated rings. The second kappa shape index (κ2) is 22.1. The number of ketones is 8. The molecule has 4 aromatic carbocycles. The molecular weight excluding hydrogens is 1020 g/mol. The Bertz CT molecular complexity index is 3760. The number of imidazole rings is 4. The molecule has 4 aromatic heterocycles. The summed E-state index contributed by atoms with van der Waals surface area (Å²) in [6, 6.07) is 19.7. The molecule has 0 saturated carbocycles. The predicted molar refractivity (Wildman–Crippen MR) is 275 cm³/mol. The maximum Gasteiger partial charge on any atom is 0.291 e. The second-order valence-corrected chi connectivity index (χ2v) is 16.9. The first-order chi connectivity index (χ1) is 36.7. The number of aryl methyl sites for hydroxylation is 4. The molecule has 4 aliphatic carbocycles. The van der Waals surface area contributed by atoms with E-state index in [2.05, 4.69) is 39.9 Å². The molecule has 0 aliphatic heterocycles. The molecule has 25 heteroatoms. The molecule has 0 spiro atoms. The molecule has 4 aliphatic rings. The fourth-order valence-electron chi connectivity index (χ4n) is 8.53. The lowest BCUT2D eigenvalue weighted by Gasteiger charge is -2.13. The third-order valence-corrected chi connectivity index (χ3v) is 12.2. The van der Waals surface area contributed by atoms with E-state index in [0.717, 1.165) is 23.5 Å². The summed E-state index contributed by atoms with van der Waals surface area (Å²) < 4.78 is 13.2. The van der Waals surface area contributed by atoms with E-state index in [9.17, 15) is 52.9 Å². The van der Waals surface area contributed by atoms with Crippen molar-refractivity contribution in [3.63, 3.8) is 0 Å². The van der Waals surface area contributed by atoms with Crippen molar-refractivity contribution in [2.45, 2.75) is 60.8 Å². The number of nitrogens with one attached hydrogen (secondary N) is 4. The first-order valence-corrected chi connectivity index (χ1v) is 23.3. The Kier molecular flexibility index (Phi) is 15.6. The van der Waals surface area contributed by atoms with Crippen LogP contribution in [0.5, 0.6) is 0 Å². The quantitative estimate of drug-likeness (QED) is 0.0411. The fraction of sp³-hybridized carbons (Fsp3) is 0.170. The number of rotatable bonds is 5. The number of anilines is 1. The number of nitro benzene ring substituents is 1. The van der Waals surface area contributed by atoms with Crippen molar-refractivity contribution in [2.24, 2.45) is 0 Å². The Hall–Kier alpha value is -10.6. The Morgan fingerprint density at radius 2 is 0.769 bits per heavy atom. The zero-order valence-corrected chi connectivity index (χ0v) is 40.8. The normalized spacial score (nSPS) is 12.8. The van der Waals surface area contributed by atoms with Gasteiger partial charge in [-0.3, -0.25) is 48.5 Å². The van der Waals surface area contributed by atoms with Crippen molar-refractivity contribution in [1.29, 1.82) is 0 Å². The Labute approximate surface area is 439 Å². The Balaban J connectivity index is 0.000000147. The first-order valence-electron chi connectivity index (χ1n) is 23.3. The third kappa shape index (κ3) is 10.2. The van der Waals surface area contributed by atoms with Gasteiger partial charge in [-0.2, -0.15) is 0 Å². The minimum atomic E-state index is -1.50. The minimum absolute atomic E-state index is 0. The molecule has 0 amide bonds. The van der Waals surface area contributed by atoms with Gasteiger partial charge in [-0.05, 0) is 42.5 Å². The van der Waals surface area contributed by atoms with Crippen LogP contribution in [0.4, 0.5) is 15.8 Å². The first kappa shape index (κ1) is 55.2. The zero-order chi connectivity index (χ0) is 55.7. The van der Waals surface area contributed by atoms with Gasteiger partial charge in [-0.15, -0.1) is 10.1 Å². The number of fused-ring (bicyclic) bond motifs is 12. The molecule has 0 atom stereocenters. The summed E-state index contributed by atoms with van der Waals surface area (Å²) in [5.74, 6) is -2.71. The van der Waals surface area contributed by atoms with Crippen molar-refractivity contribution in [3.8, 4) is 45.0 Å². The van der Waals surface area contributed by atoms with Crippen LogP contribution in [0.1, 0.15) is 142 Å². The molecule has 12 rings (SSSR count). The third-order valence-electron chi connectivity index (χ3n) is 12.2. The van der Waals surface area contributed by atoms with Crippen LogP contribution in [0.3, 0.4) is 0 Å². The highest BCUT2D eigenvalue weighted by atomic mass is 19.1. The van der Waals surface area contributed by atoms with Crippen molar-refractivity contribution < 1.29 is 58.0 Å². The van der Waals surface area contributed by atoms with Crippen LogP contribution in [0, 0.1) is 26.0 Å². The molecule has 8 aromatic rings. The van der Waals surface area contributed by atoms with Gasteiger partial charge in [-0.1, -0.05) is 59.4 Å². The van der Waals surface area contributed by atoms with Gasteiger partial charge in [0.05, 0.1) is 4.92 Å². The fourth-order valence-corrected chi connectivity index (χ4v) is 8.53. The molecule has 396 valence electrons. The van der Waals surface area contributed by atoms with Crippen LogP contribution in [0.15, 0.2) is 78.9 Å². The standard InChI is InChI=1S/C13H9FN2O2.C13H9N3O4.C13H11N3O2.C13H10N2O2.CH4.HNO3/c1-2-9-15-10-7-4-3-6(14)5-8(7)12(17)13(18)11(10)16-9;1-2-9-14-10-7-4-3-6(16(19)20)5-8(7)12(17)13(18)11(10)15-9;1-2-9-15-10-7-4-3-6(14)5-8(7)12(17)13(18)11(10)16-9;1-2-9-14-10-7-5-3-4-6-8(7)12(16)13(17)11(10)15-9;;2-1(3)4/h3-5H,2H2,1H3,(H,15,16);3-5H,2H2,1H3,(H,14,15);3-5H,2,14H2,1H3,(H,15,16);3-6H,2H2,1H3,(H,14,15);1H4;(H,2,3,4).